The molecule has 1 aromatic rings. The summed E-state index contributed by atoms with van der Waals surface area (Å²) in [6, 6.07) is 9.01. The maximum absolute atomic E-state index is 12.5. The molecular formula is C19H24N2O4. The van der Waals surface area contributed by atoms with Crippen molar-refractivity contribution < 1.29 is 19.1 Å². The highest BCUT2D eigenvalue weighted by molar-refractivity contribution is 5.86. The molecule has 3 rings (SSSR count). The van der Waals surface area contributed by atoms with E-state index in [9.17, 15) is 14.4 Å². The highest BCUT2D eigenvalue weighted by Gasteiger charge is 2.35. The minimum atomic E-state index is -0.495. The molecule has 0 aromatic heterocycles. The summed E-state index contributed by atoms with van der Waals surface area (Å²) in [5.41, 5.74) is 0.930. The van der Waals surface area contributed by atoms with Crippen LogP contribution in [0, 0.1) is 0 Å². The van der Waals surface area contributed by atoms with Crippen LogP contribution < -0.4 is 0 Å². The summed E-state index contributed by atoms with van der Waals surface area (Å²) in [7, 11) is 0. The Morgan fingerprint density at radius 2 is 1.92 bits per heavy atom. The van der Waals surface area contributed by atoms with Gasteiger partial charge in [0.05, 0.1) is 0 Å². The van der Waals surface area contributed by atoms with Crippen molar-refractivity contribution in [3.63, 3.8) is 0 Å². The summed E-state index contributed by atoms with van der Waals surface area (Å²) in [5.74, 6) is -0.293. The van der Waals surface area contributed by atoms with Crippen molar-refractivity contribution in [2.75, 3.05) is 19.6 Å². The Morgan fingerprint density at radius 1 is 1.12 bits per heavy atom. The lowest BCUT2D eigenvalue weighted by Gasteiger charge is -2.24. The molecule has 2 amide bonds. The van der Waals surface area contributed by atoms with Crippen molar-refractivity contribution >= 4 is 17.8 Å². The predicted molar refractivity (Wildman–Crippen MR) is 91.4 cm³/mol. The lowest BCUT2D eigenvalue weighted by molar-refractivity contribution is -0.154. The van der Waals surface area contributed by atoms with Crippen LogP contribution in [0.4, 0.5) is 0 Å². The van der Waals surface area contributed by atoms with Crippen molar-refractivity contribution in [1.29, 1.82) is 0 Å². The van der Waals surface area contributed by atoms with Gasteiger partial charge in [0.1, 0.15) is 12.6 Å². The van der Waals surface area contributed by atoms with Gasteiger partial charge in [-0.05, 0) is 24.8 Å². The molecule has 1 aromatic carbocycles. The van der Waals surface area contributed by atoms with Crippen LogP contribution in [0.3, 0.4) is 0 Å². The molecule has 6 nitrogen and oxygen atoms in total. The second-order valence-corrected chi connectivity index (χ2v) is 6.57. The SMILES string of the molecule is O=C(OCc1ccccc1)C1CCCN1C(=O)CCN1CCCC1=O. The molecule has 0 bridgehead atoms. The summed E-state index contributed by atoms with van der Waals surface area (Å²) in [5, 5.41) is 0. The molecule has 2 heterocycles. The van der Waals surface area contributed by atoms with E-state index < -0.39 is 6.04 Å². The van der Waals surface area contributed by atoms with Gasteiger partial charge in [-0.3, -0.25) is 9.59 Å². The van der Waals surface area contributed by atoms with Crippen LogP contribution in [-0.4, -0.2) is 53.3 Å². The highest BCUT2D eigenvalue weighted by atomic mass is 16.5. The third-order valence-corrected chi connectivity index (χ3v) is 4.84. The van der Waals surface area contributed by atoms with Gasteiger partial charge in [-0.1, -0.05) is 30.3 Å². The second-order valence-electron chi connectivity index (χ2n) is 6.57. The minimum Gasteiger partial charge on any atom is -0.459 e. The summed E-state index contributed by atoms with van der Waals surface area (Å²) in [4.78, 5) is 39.8. The largest absolute Gasteiger partial charge is 0.459 e. The number of carbonyl (C=O) groups excluding carboxylic acids is 3. The molecule has 1 atom stereocenters. The number of likely N-dealkylation sites (tertiary alicyclic amines) is 2. The quantitative estimate of drug-likeness (QED) is 0.737. The van der Waals surface area contributed by atoms with Crippen LogP contribution in [-0.2, 0) is 25.7 Å². The number of esters is 1. The van der Waals surface area contributed by atoms with Crippen molar-refractivity contribution in [3.05, 3.63) is 35.9 Å². The fourth-order valence-corrected chi connectivity index (χ4v) is 3.45. The molecule has 2 aliphatic rings. The van der Waals surface area contributed by atoms with Gasteiger partial charge < -0.3 is 14.5 Å². The number of benzene rings is 1. The van der Waals surface area contributed by atoms with Gasteiger partial charge in [-0.25, -0.2) is 4.79 Å². The summed E-state index contributed by atoms with van der Waals surface area (Å²) in [6.45, 7) is 1.98. The van der Waals surface area contributed by atoms with Crippen molar-refractivity contribution in [2.24, 2.45) is 0 Å². The maximum atomic E-state index is 12.5. The zero-order valence-electron chi connectivity index (χ0n) is 14.4. The molecule has 1 unspecified atom stereocenters. The summed E-state index contributed by atoms with van der Waals surface area (Å²) < 4.78 is 5.39. The lowest BCUT2D eigenvalue weighted by Crippen LogP contribution is -2.42. The number of carbonyl (C=O) groups is 3. The van der Waals surface area contributed by atoms with Gasteiger partial charge in [-0.2, -0.15) is 0 Å². The Morgan fingerprint density at radius 3 is 2.64 bits per heavy atom. The Hall–Kier alpha value is -2.37. The molecule has 2 aliphatic heterocycles. The molecule has 134 valence electrons. The van der Waals surface area contributed by atoms with Crippen LogP contribution in [0.15, 0.2) is 30.3 Å². The molecule has 2 saturated heterocycles. The molecule has 2 fully saturated rings. The highest BCUT2D eigenvalue weighted by Crippen LogP contribution is 2.21. The first-order chi connectivity index (χ1) is 12.1. The fourth-order valence-electron chi connectivity index (χ4n) is 3.45. The Kier molecular flexibility index (Phi) is 5.68. The van der Waals surface area contributed by atoms with Crippen LogP contribution in [0.1, 0.15) is 37.7 Å². The lowest BCUT2D eigenvalue weighted by atomic mass is 10.2. The molecule has 0 saturated carbocycles. The zero-order chi connectivity index (χ0) is 17.6. The van der Waals surface area contributed by atoms with Crippen molar-refractivity contribution in [1.82, 2.24) is 9.80 Å². The number of rotatable bonds is 6. The molecule has 0 radical (unpaired) electrons. The van der Waals surface area contributed by atoms with Gasteiger partial charge in [0.15, 0.2) is 0 Å². The van der Waals surface area contributed by atoms with Crippen molar-refractivity contribution in [2.45, 2.75) is 44.8 Å². The van der Waals surface area contributed by atoms with E-state index >= 15 is 0 Å². The van der Waals surface area contributed by atoms with E-state index in [1.54, 1.807) is 9.80 Å². The number of ether oxygens (including phenoxy) is 1. The summed E-state index contributed by atoms with van der Waals surface area (Å²) in [6.07, 6.45) is 3.16. The standard InChI is InChI=1S/C19H24N2O4/c22-17-9-5-11-20(17)13-10-18(23)21-12-4-8-16(21)19(24)25-14-15-6-2-1-3-7-15/h1-3,6-7,16H,4-5,8-14H2. The fraction of sp³-hybridized carbons (Fsp3) is 0.526. The average Bonchev–Trinajstić information content (AvgIpc) is 3.27. The second kappa shape index (κ2) is 8.14. The van der Waals surface area contributed by atoms with E-state index in [-0.39, 0.29) is 30.8 Å². The molecule has 25 heavy (non-hydrogen) atoms. The van der Waals surface area contributed by atoms with E-state index in [0.29, 0.717) is 25.9 Å². The monoisotopic (exact) mass is 344 g/mol. The third kappa shape index (κ3) is 4.38. The molecular weight excluding hydrogens is 320 g/mol. The van der Waals surface area contributed by atoms with E-state index in [1.165, 1.54) is 0 Å². The normalized spacial score (nSPS) is 20.2. The van der Waals surface area contributed by atoms with E-state index in [0.717, 1.165) is 24.9 Å². The van der Waals surface area contributed by atoms with Gasteiger partial charge in [0, 0.05) is 32.5 Å². The number of hydrogen-bond donors (Lipinski definition) is 0. The van der Waals surface area contributed by atoms with Crippen molar-refractivity contribution in [3.8, 4) is 0 Å². The van der Waals surface area contributed by atoms with Gasteiger partial charge in [0.2, 0.25) is 11.8 Å². The minimum absolute atomic E-state index is 0.0705. The Labute approximate surface area is 147 Å². The number of amides is 2. The van der Waals surface area contributed by atoms with E-state index in [2.05, 4.69) is 0 Å². The third-order valence-electron chi connectivity index (χ3n) is 4.84. The molecule has 6 heteroatoms. The van der Waals surface area contributed by atoms with Gasteiger partial charge in [-0.15, -0.1) is 0 Å². The first-order valence-corrected chi connectivity index (χ1v) is 8.93. The first-order valence-electron chi connectivity index (χ1n) is 8.93. The number of nitrogens with zero attached hydrogens (tertiary/aromatic N) is 2. The first kappa shape index (κ1) is 17.5. The van der Waals surface area contributed by atoms with Crippen LogP contribution >= 0.6 is 0 Å². The maximum Gasteiger partial charge on any atom is 0.329 e. The van der Waals surface area contributed by atoms with Crippen LogP contribution in [0.25, 0.3) is 0 Å². The molecule has 0 N–H and O–H groups in total. The average molecular weight is 344 g/mol. The predicted octanol–water partition coefficient (Wildman–Crippen LogP) is 1.73. The topological polar surface area (TPSA) is 66.9 Å². The van der Waals surface area contributed by atoms with Crippen LogP contribution in [0.5, 0.6) is 0 Å². The van der Waals surface area contributed by atoms with Gasteiger partial charge in [0.25, 0.3) is 0 Å². The van der Waals surface area contributed by atoms with E-state index in [1.807, 2.05) is 30.3 Å². The zero-order valence-corrected chi connectivity index (χ0v) is 14.4. The Bertz CT molecular complexity index is 632. The summed E-state index contributed by atoms with van der Waals surface area (Å²) >= 11 is 0. The Balaban J connectivity index is 1.49. The number of hydrogen-bond acceptors (Lipinski definition) is 4. The molecule has 0 spiro atoms. The van der Waals surface area contributed by atoms with E-state index in [4.69, 9.17) is 4.74 Å². The smallest absolute Gasteiger partial charge is 0.329 e. The van der Waals surface area contributed by atoms with Crippen LogP contribution in [0.2, 0.25) is 0 Å². The molecule has 0 aliphatic carbocycles. The van der Waals surface area contributed by atoms with Gasteiger partial charge >= 0.3 is 5.97 Å².